The lowest BCUT2D eigenvalue weighted by Gasteiger charge is -2.28. The molecule has 2 unspecified atom stereocenters. The lowest BCUT2D eigenvalue weighted by atomic mass is 9.98. The Balaban J connectivity index is 2.49. The molecule has 1 rings (SSSR count). The standard InChI is InChI=1S/C11H22N2O/c1-5-11(4,7-12)13-9(14)8-6-10(8,2)3/h8H,5-7,12H2,1-4H3,(H,13,14). The van der Waals surface area contributed by atoms with Crippen LogP contribution in [0, 0.1) is 11.3 Å². The lowest BCUT2D eigenvalue weighted by Crippen LogP contribution is -2.51. The van der Waals surface area contributed by atoms with Gasteiger partial charge >= 0.3 is 0 Å². The number of hydrogen-bond acceptors (Lipinski definition) is 2. The van der Waals surface area contributed by atoms with Crippen LogP contribution < -0.4 is 11.1 Å². The molecule has 1 fully saturated rings. The van der Waals surface area contributed by atoms with E-state index < -0.39 is 0 Å². The molecular formula is C11H22N2O. The molecule has 0 heterocycles. The molecule has 1 saturated carbocycles. The smallest absolute Gasteiger partial charge is 0.224 e. The monoisotopic (exact) mass is 198 g/mol. The molecule has 0 spiro atoms. The second-order valence-electron chi connectivity index (χ2n) is 5.35. The zero-order valence-electron chi connectivity index (χ0n) is 9.68. The Hall–Kier alpha value is -0.570. The van der Waals surface area contributed by atoms with Crippen LogP contribution in [0.3, 0.4) is 0 Å². The fourth-order valence-corrected chi connectivity index (χ4v) is 1.58. The van der Waals surface area contributed by atoms with E-state index in [2.05, 4.69) is 19.2 Å². The van der Waals surface area contributed by atoms with Gasteiger partial charge in [0.2, 0.25) is 5.91 Å². The average molecular weight is 198 g/mol. The zero-order valence-corrected chi connectivity index (χ0v) is 9.68. The lowest BCUT2D eigenvalue weighted by molar-refractivity contribution is -0.124. The minimum Gasteiger partial charge on any atom is -0.349 e. The molecular weight excluding hydrogens is 176 g/mol. The quantitative estimate of drug-likeness (QED) is 0.715. The molecule has 0 aromatic carbocycles. The second kappa shape index (κ2) is 3.54. The van der Waals surface area contributed by atoms with Crippen LogP contribution in [-0.2, 0) is 4.79 Å². The summed E-state index contributed by atoms with van der Waals surface area (Å²) in [6.45, 7) is 8.81. The first-order chi connectivity index (χ1) is 6.34. The molecule has 1 aliphatic carbocycles. The van der Waals surface area contributed by atoms with E-state index in [4.69, 9.17) is 5.73 Å². The first kappa shape index (κ1) is 11.5. The van der Waals surface area contributed by atoms with Crippen molar-refractivity contribution in [2.45, 2.75) is 46.1 Å². The van der Waals surface area contributed by atoms with E-state index in [1.807, 2.05) is 13.8 Å². The number of rotatable bonds is 4. The Morgan fingerprint density at radius 1 is 1.64 bits per heavy atom. The molecule has 0 bridgehead atoms. The van der Waals surface area contributed by atoms with Gasteiger partial charge in [0.05, 0.1) is 0 Å². The van der Waals surface area contributed by atoms with Crippen molar-refractivity contribution in [1.29, 1.82) is 0 Å². The van der Waals surface area contributed by atoms with E-state index in [1.165, 1.54) is 0 Å². The number of carbonyl (C=O) groups is 1. The van der Waals surface area contributed by atoms with E-state index in [0.29, 0.717) is 6.54 Å². The fourth-order valence-electron chi connectivity index (χ4n) is 1.58. The van der Waals surface area contributed by atoms with E-state index in [1.54, 1.807) is 0 Å². The fraction of sp³-hybridized carbons (Fsp3) is 0.909. The highest BCUT2D eigenvalue weighted by molar-refractivity contribution is 5.83. The van der Waals surface area contributed by atoms with Crippen LogP contribution in [0.15, 0.2) is 0 Å². The molecule has 3 heteroatoms. The van der Waals surface area contributed by atoms with Gasteiger partial charge in [0.15, 0.2) is 0 Å². The largest absolute Gasteiger partial charge is 0.349 e. The van der Waals surface area contributed by atoms with Gasteiger partial charge in [-0.2, -0.15) is 0 Å². The first-order valence-corrected chi connectivity index (χ1v) is 5.37. The summed E-state index contributed by atoms with van der Waals surface area (Å²) in [6.07, 6.45) is 1.88. The topological polar surface area (TPSA) is 55.1 Å². The van der Waals surface area contributed by atoms with Crippen LogP contribution in [0.2, 0.25) is 0 Å². The Kier molecular flexibility index (Phi) is 2.91. The Labute approximate surface area is 86.4 Å². The van der Waals surface area contributed by atoms with Crippen molar-refractivity contribution >= 4 is 5.91 Å². The molecule has 0 aromatic rings. The van der Waals surface area contributed by atoms with Crippen LogP contribution in [-0.4, -0.2) is 18.0 Å². The molecule has 82 valence electrons. The molecule has 2 atom stereocenters. The summed E-state index contributed by atoms with van der Waals surface area (Å²) in [5, 5.41) is 3.05. The minimum absolute atomic E-state index is 0.171. The van der Waals surface area contributed by atoms with Crippen molar-refractivity contribution in [2.75, 3.05) is 6.54 Å². The zero-order chi connectivity index (χ0) is 11.0. The predicted octanol–water partition coefficient (Wildman–Crippen LogP) is 1.28. The summed E-state index contributed by atoms with van der Waals surface area (Å²) < 4.78 is 0. The van der Waals surface area contributed by atoms with Gasteiger partial charge in [0, 0.05) is 18.0 Å². The van der Waals surface area contributed by atoms with Crippen molar-refractivity contribution in [3.8, 4) is 0 Å². The number of nitrogens with two attached hydrogens (primary N) is 1. The van der Waals surface area contributed by atoms with Crippen molar-refractivity contribution in [1.82, 2.24) is 5.32 Å². The third-order valence-corrected chi connectivity index (χ3v) is 3.49. The summed E-state index contributed by atoms with van der Waals surface area (Å²) in [5.74, 6) is 0.365. The van der Waals surface area contributed by atoms with E-state index >= 15 is 0 Å². The Bertz CT molecular complexity index is 231. The van der Waals surface area contributed by atoms with E-state index in [-0.39, 0.29) is 22.8 Å². The number of nitrogens with one attached hydrogen (secondary N) is 1. The summed E-state index contributed by atoms with van der Waals surface area (Å²) in [4.78, 5) is 11.8. The van der Waals surface area contributed by atoms with Crippen molar-refractivity contribution < 1.29 is 4.79 Å². The summed E-state index contributed by atoms with van der Waals surface area (Å²) >= 11 is 0. The van der Waals surface area contributed by atoms with Gasteiger partial charge in [-0.05, 0) is 25.2 Å². The van der Waals surface area contributed by atoms with Crippen LogP contribution >= 0.6 is 0 Å². The van der Waals surface area contributed by atoms with Crippen molar-refractivity contribution in [2.24, 2.45) is 17.1 Å². The predicted molar refractivity (Wildman–Crippen MR) is 57.8 cm³/mol. The molecule has 0 saturated heterocycles. The maximum absolute atomic E-state index is 11.8. The molecule has 0 radical (unpaired) electrons. The molecule has 14 heavy (non-hydrogen) atoms. The summed E-state index contributed by atoms with van der Waals surface area (Å²) in [6, 6.07) is 0. The van der Waals surface area contributed by atoms with Gasteiger partial charge < -0.3 is 11.1 Å². The second-order valence-corrected chi connectivity index (χ2v) is 5.35. The van der Waals surface area contributed by atoms with E-state index in [9.17, 15) is 4.79 Å². The Morgan fingerprint density at radius 3 is 2.43 bits per heavy atom. The Morgan fingerprint density at radius 2 is 2.14 bits per heavy atom. The van der Waals surface area contributed by atoms with E-state index in [0.717, 1.165) is 12.8 Å². The highest BCUT2D eigenvalue weighted by Gasteiger charge is 2.51. The molecule has 1 amide bonds. The highest BCUT2D eigenvalue weighted by Crippen LogP contribution is 2.51. The van der Waals surface area contributed by atoms with Gasteiger partial charge in [0.25, 0.3) is 0 Å². The first-order valence-electron chi connectivity index (χ1n) is 5.37. The van der Waals surface area contributed by atoms with Gasteiger partial charge in [-0.1, -0.05) is 20.8 Å². The third-order valence-electron chi connectivity index (χ3n) is 3.49. The van der Waals surface area contributed by atoms with Crippen LogP contribution in [0.5, 0.6) is 0 Å². The molecule has 0 aliphatic heterocycles. The average Bonchev–Trinajstić information content (AvgIpc) is 2.75. The summed E-state index contributed by atoms with van der Waals surface area (Å²) in [7, 11) is 0. The van der Waals surface area contributed by atoms with Crippen molar-refractivity contribution in [3.63, 3.8) is 0 Å². The van der Waals surface area contributed by atoms with Crippen LogP contribution in [0.4, 0.5) is 0 Å². The molecule has 3 N–H and O–H groups in total. The maximum atomic E-state index is 11.8. The molecule has 1 aliphatic rings. The third kappa shape index (κ3) is 2.27. The van der Waals surface area contributed by atoms with Crippen molar-refractivity contribution in [3.05, 3.63) is 0 Å². The van der Waals surface area contributed by atoms with Gasteiger partial charge in [-0.3, -0.25) is 4.79 Å². The molecule has 0 aromatic heterocycles. The van der Waals surface area contributed by atoms with Crippen LogP contribution in [0.25, 0.3) is 0 Å². The number of amides is 1. The van der Waals surface area contributed by atoms with Gasteiger partial charge in [-0.25, -0.2) is 0 Å². The number of hydrogen-bond donors (Lipinski definition) is 2. The molecule has 3 nitrogen and oxygen atoms in total. The van der Waals surface area contributed by atoms with Gasteiger partial charge in [-0.15, -0.1) is 0 Å². The summed E-state index contributed by atoms with van der Waals surface area (Å²) in [5.41, 5.74) is 5.61. The normalized spacial score (nSPS) is 27.9. The van der Waals surface area contributed by atoms with Crippen LogP contribution in [0.1, 0.15) is 40.5 Å². The van der Waals surface area contributed by atoms with Gasteiger partial charge in [0.1, 0.15) is 0 Å². The minimum atomic E-state index is -0.226. The highest BCUT2D eigenvalue weighted by atomic mass is 16.2. The SMILES string of the molecule is CCC(C)(CN)NC(=O)C1CC1(C)C. The maximum Gasteiger partial charge on any atom is 0.224 e. The number of carbonyl (C=O) groups excluding carboxylic acids is 1.